The van der Waals surface area contributed by atoms with Gasteiger partial charge in [0, 0.05) is 51.8 Å². The molecule has 2 aliphatic heterocycles. The van der Waals surface area contributed by atoms with Crippen LogP contribution in [0.5, 0.6) is 0 Å². The van der Waals surface area contributed by atoms with E-state index in [1.807, 2.05) is 41.8 Å². The second kappa shape index (κ2) is 8.37. The summed E-state index contributed by atoms with van der Waals surface area (Å²) in [5, 5.41) is 3.92. The number of piperazine rings is 1. The molecule has 7 heteroatoms. The van der Waals surface area contributed by atoms with Crippen molar-refractivity contribution in [3.63, 3.8) is 0 Å². The number of rotatable bonds is 5. The van der Waals surface area contributed by atoms with Crippen molar-refractivity contribution in [2.45, 2.75) is 33.4 Å². The molecule has 0 aliphatic carbocycles. The number of nitrogens with zero attached hydrogens (tertiary/aromatic N) is 4. The Labute approximate surface area is 171 Å². The molecule has 1 aromatic carbocycles. The van der Waals surface area contributed by atoms with E-state index in [0.717, 1.165) is 36.7 Å². The topological polar surface area (TPSA) is 69.9 Å². The Morgan fingerprint density at radius 3 is 2.48 bits per heavy atom. The SMILES string of the molecule is Cc1ccc(CN2CC(C(=O)N3CCN(Cc4cc(C)no4)CC3)CC2=O)cc1. The second-order valence-electron chi connectivity index (χ2n) is 8.20. The molecule has 0 saturated carbocycles. The van der Waals surface area contributed by atoms with E-state index in [0.29, 0.717) is 32.6 Å². The van der Waals surface area contributed by atoms with Crippen LogP contribution in [0, 0.1) is 19.8 Å². The van der Waals surface area contributed by atoms with E-state index in [-0.39, 0.29) is 17.7 Å². The van der Waals surface area contributed by atoms with Gasteiger partial charge in [0.05, 0.1) is 18.2 Å². The quantitative estimate of drug-likeness (QED) is 0.773. The van der Waals surface area contributed by atoms with Gasteiger partial charge in [0.2, 0.25) is 11.8 Å². The van der Waals surface area contributed by atoms with Gasteiger partial charge in [0.25, 0.3) is 0 Å². The van der Waals surface area contributed by atoms with Crippen LogP contribution in [0.2, 0.25) is 0 Å². The maximum absolute atomic E-state index is 13.0. The average Bonchev–Trinajstić information content (AvgIpc) is 3.29. The highest BCUT2D eigenvalue weighted by Crippen LogP contribution is 2.23. The van der Waals surface area contributed by atoms with Crippen LogP contribution in [-0.2, 0) is 22.7 Å². The number of aryl methyl sites for hydroxylation is 2. The van der Waals surface area contributed by atoms with E-state index < -0.39 is 0 Å². The lowest BCUT2D eigenvalue weighted by Crippen LogP contribution is -2.50. The van der Waals surface area contributed by atoms with Crippen molar-refractivity contribution < 1.29 is 14.1 Å². The number of aromatic nitrogens is 1. The molecule has 3 heterocycles. The summed E-state index contributed by atoms with van der Waals surface area (Å²) in [6.07, 6.45) is 0.322. The van der Waals surface area contributed by atoms with Crippen molar-refractivity contribution in [2.75, 3.05) is 32.7 Å². The third-order valence-electron chi connectivity index (χ3n) is 5.80. The number of hydrogen-bond acceptors (Lipinski definition) is 5. The molecule has 2 amide bonds. The normalized spacial score (nSPS) is 20.5. The fourth-order valence-electron chi connectivity index (χ4n) is 4.10. The van der Waals surface area contributed by atoms with Crippen molar-refractivity contribution >= 4 is 11.8 Å². The molecule has 7 nitrogen and oxygen atoms in total. The van der Waals surface area contributed by atoms with E-state index >= 15 is 0 Å². The van der Waals surface area contributed by atoms with Crippen LogP contribution in [0.1, 0.15) is 29.0 Å². The zero-order chi connectivity index (χ0) is 20.4. The van der Waals surface area contributed by atoms with E-state index in [1.165, 1.54) is 5.56 Å². The largest absolute Gasteiger partial charge is 0.360 e. The zero-order valence-electron chi connectivity index (χ0n) is 17.1. The predicted octanol–water partition coefficient (Wildman–Crippen LogP) is 1.98. The summed E-state index contributed by atoms with van der Waals surface area (Å²) >= 11 is 0. The molecule has 2 fully saturated rings. The Kier molecular flexibility index (Phi) is 5.67. The highest BCUT2D eigenvalue weighted by Gasteiger charge is 2.37. The van der Waals surface area contributed by atoms with Crippen LogP contribution in [0.4, 0.5) is 0 Å². The molecule has 2 aromatic rings. The molecule has 2 aliphatic rings. The van der Waals surface area contributed by atoms with Gasteiger partial charge in [-0.25, -0.2) is 0 Å². The first-order valence-corrected chi connectivity index (χ1v) is 10.2. The minimum Gasteiger partial charge on any atom is -0.360 e. The lowest BCUT2D eigenvalue weighted by Gasteiger charge is -2.35. The van der Waals surface area contributed by atoms with E-state index in [4.69, 9.17) is 4.52 Å². The lowest BCUT2D eigenvalue weighted by molar-refractivity contribution is -0.137. The average molecular weight is 396 g/mol. The summed E-state index contributed by atoms with van der Waals surface area (Å²) in [7, 11) is 0. The first-order chi connectivity index (χ1) is 14.0. The van der Waals surface area contributed by atoms with E-state index in [1.54, 1.807) is 0 Å². The smallest absolute Gasteiger partial charge is 0.228 e. The predicted molar refractivity (Wildman–Crippen MR) is 108 cm³/mol. The van der Waals surface area contributed by atoms with Gasteiger partial charge in [-0.1, -0.05) is 35.0 Å². The zero-order valence-corrected chi connectivity index (χ0v) is 17.1. The molecule has 2 saturated heterocycles. The highest BCUT2D eigenvalue weighted by atomic mass is 16.5. The second-order valence-corrected chi connectivity index (χ2v) is 8.20. The number of hydrogen-bond donors (Lipinski definition) is 0. The van der Waals surface area contributed by atoms with E-state index in [9.17, 15) is 9.59 Å². The summed E-state index contributed by atoms with van der Waals surface area (Å²) in [5.41, 5.74) is 3.19. The van der Waals surface area contributed by atoms with Crippen molar-refractivity contribution in [1.82, 2.24) is 19.9 Å². The first-order valence-electron chi connectivity index (χ1n) is 10.2. The molecule has 0 bridgehead atoms. The molecule has 154 valence electrons. The number of benzene rings is 1. The number of carbonyl (C=O) groups excluding carboxylic acids is 2. The fraction of sp³-hybridized carbons (Fsp3) is 0.500. The maximum Gasteiger partial charge on any atom is 0.228 e. The van der Waals surface area contributed by atoms with Crippen LogP contribution in [-0.4, -0.2) is 64.4 Å². The third-order valence-corrected chi connectivity index (χ3v) is 5.80. The van der Waals surface area contributed by atoms with Crippen LogP contribution in [0.3, 0.4) is 0 Å². The molecular formula is C22H28N4O3. The van der Waals surface area contributed by atoms with Gasteiger partial charge >= 0.3 is 0 Å². The summed E-state index contributed by atoms with van der Waals surface area (Å²) in [4.78, 5) is 31.4. The van der Waals surface area contributed by atoms with Crippen molar-refractivity contribution in [2.24, 2.45) is 5.92 Å². The Bertz CT molecular complexity index is 868. The van der Waals surface area contributed by atoms with Gasteiger partial charge in [0.1, 0.15) is 0 Å². The maximum atomic E-state index is 13.0. The van der Waals surface area contributed by atoms with Gasteiger partial charge in [0.15, 0.2) is 5.76 Å². The molecule has 0 radical (unpaired) electrons. The van der Waals surface area contributed by atoms with Crippen LogP contribution in [0.25, 0.3) is 0 Å². The summed E-state index contributed by atoms with van der Waals surface area (Å²) in [5.74, 6) is 0.815. The van der Waals surface area contributed by atoms with Gasteiger partial charge in [-0.05, 0) is 19.4 Å². The van der Waals surface area contributed by atoms with Crippen molar-refractivity contribution in [3.8, 4) is 0 Å². The molecule has 1 aromatic heterocycles. The minimum absolute atomic E-state index is 0.0725. The minimum atomic E-state index is -0.226. The summed E-state index contributed by atoms with van der Waals surface area (Å²) in [6, 6.07) is 10.2. The van der Waals surface area contributed by atoms with Crippen molar-refractivity contribution in [3.05, 3.63) is 52.9 Å². The Hall–Kier alpha value is -2.67. The number of amides is 2. The number of carbonyl (C=O) groups is 2. The fourth-order valence-corrected chi connectivity index (χ4v) is 4.10. The Balaban J connectivity index is 1.27. The van der Waals surface area contributed by atoms with Gasteiger partial charge in [-0.3, -0.25) is 14.5 Å². The van der Waals surface area contributed by atoms with E-state index in [2.05, 4.69) is 22.2 Å². The Morgan fingerprint density at radius 1 is 1.10 bits per heavy atom. The van der Waals surface area contributed by atoms with Crippen LogP contribution in [0.15, 0.2) is 34.9 Å². The van der Waals surface area contributed by atoms with Crippen LogP contribution < -0.4 is 0 Å². The highest BCUT2D eigenvalue weighted by molar-refractivity contribution is 5.89. The lowest BCUT2D eigenvalue weighted by atomic mass is 10.1. The standard InChI is InChI=1S/C22H28N4O3/c1-16-3-5-18(6-4-16)13-26-14-19(12-21(26)27)22(28)25-9-7-24(8-10-25)15-20-11-17(2)23-29-20/h3-6,11,19H,7-10,12-15H2,1-2H3. The monoisotopic (exact) mass is 396 g/mol. The molecular weight excluding hydrogens is 368 g/mol. The molecule has 4 rings (SSSR count). The summed E-state index contributed by atoms with van der Waals surface area (Å²) < 4.78 is 5.29. The molecule has 29 heavy (non-hydrogen) atoms. The molecule has 0 N–H and O–H groups in total. The molecule has 1 unspecified atom stereocenters. The summed E-state index contributed by atoms with van der Waals surface area (Å²) in [6.45, 7) is 8.76. The van der Waals surface area contributed by atoms with Crippen molar-refractivity contribution in [1.29, 1.82) is 0 Å². The van der Waals surface area contributed by atoms with Gasteiger partial charge in [-0.2, -0.15) is 0 Å². The third kappa shape index (κ3) is 4.67. The van der Waals surface area contributed by atoms with Crippen LogP contribution >= 0.6 is 0 Å². The number of likely N-dealkylation sites (tertiary alicyclic amines) is 1. The Morgan fingerprint density at radius 2 is 1.83 bits per heavy atom. The van der Waals surface area contributed by atoms with Gasteiger partial charge < -0.3 is 14.3 Å². The van der Waals surface area contributed by atoms with Gasteiger partial charge in [-0.15, -0.1) is 0 Å². The molecule has 0 spiro atoms. The first kappa shape index (κ1) is 19.6. The molecule has 1 atom stereocenters.